The number of Topliss-reactive ketones (excluding diaryl/α,β-unsaturated/α-hetero) is 1. The molecule has 1 atom stereocenters. The van der Waals surface area contributed by atoms with Gasteiger partial charge in [0.15, 0.2) is 5.78 Å². The Kier molecular flexibility index (Phi) is 4.14. The molecule has 3 heteroatoms. The van der Waals surface area contributed by atoms with Gasteiger partial charge in [-0.05, 0) is 30.5 Å². The molecule has 14 heavy (non-hydrogen) atoms. The van der Waals surface area contributed by atoms with Crippen molar-refractivity contribution >= 4 is 33.3 Å². The summed E-state index contributed by atoms with van der Waals surface area (Å²) in [7, 11) is 0. The van der Waals surface area contributed by atoms with Gasteiger partial charge in [0.25, 0.3) is 0 Å². The fourth-order valence-corrected chi connectivity index (χ4v) is 1.92. The van der Waals surface area contributed by atoms with Crippen LogP contribution in [0.3, 0.4) is 0 Å². The Bertz CT molecular complexity index is 349. The summed E-state index contributed by atoms with van der Waals surface area (Å²) in [6.45, 7) is 3.58. The van der Waals surface area contributed by atoms with Crippen LogP contribution in [-0.2, 0) is 11.2 Å². The highest BCUT2D eigenvalue weighted by Gasteiger charge is 2.13. The Morgan fingerprint density at radius 1 is 1.57 bits per heavy atom. The lowest BCUT2D eigenvalue weighted by molar-refractivity contribution is -0.116. The van der Waals surface area contributed by atoms with Crippen molar-refractivity contribution in [1.29, 1.82) is 0 Å². The van der Waals surface area contributed by atoms with Crippen molar-refractivity contribution in [2.45, 2.75) is 25.6 Å². The van der Waals surface area contributed by atoms with Gasteiger partial charge < -0.3 is 0 Å². The van der Waals surface area contributed by atoms with Gasteiger partial charge in [0, 0.05) is 4.47 Å². The van der Waals surface area contributed by atoms with Gasteiger partial charge in [-0.1, -0.05) is 35.0 Å². The Labute approximate surface area is 97.6 Å². The molecule has 0 saturated heterocycles. The Hall–Kier alpha value is -0.340. The van der Waals surface area contributed by atoms with E-state index in [4.69, 9.17) is 11.6 Å². The zero-order chi connectivity index (χ0) is 10.7. The summed E-state index contributed by atoms with van der Waals surface area (Å²) in [5, 5.41) is -0.520. The van der Waals surface area contributed by atoms with E-state index >= 15 is 0 Å². The van der Waals surface area contributed by atoms with Crippen molar-refractivity contribution in [3.05, 3.63) is 33.8 Å². The van der Waals surface area contributed by atoms with Gasteiger partial charge in [0.05, 0.1) is 0 Å². The van der Waals surface area contributed by atoms with E-state index < -0.39 is 5.38 Å². The van der Waals surface area contributed by atoms with Crippen LogP contribution in [0.2, 0.25) is 0 Å². The van der Waals surface area contributed by atoms with Gasteiger partial charge in [0.1, 0.15) is 5.38 Å². The number of rotatable bonds is 3. The van der Waals surface area contributed by atoms with Gasteiger partial charge in [-0.2, -0.15) is 0 Å². The van der Waals surface area contributed by atoms with Crippen LogP contribution < -0.4 is 0 Å². The molecule has 0 aliphatic rings. The predicted molar refractivity (Wildman–Crippen MR) is 62.8 cm³/mol. The molecule has 0 spiro atoms. The van der Waals surface area contributed by atoms with E-state index in [1.54, 1.807) is 0 Å². The average Bonchev–Trinajstić information content (AvgIpc) is 2.17. The third-order valence-corrected chi connectivity index (χ3v) is 3.43. The van der Waals surface area contributed by atoms with Crippen LogP contribution in [0.25, 0.3) is 0 Å². The van der Waals surface area contributed by atoms with E-state index in [9.17, 15) is 4.79 Å². The molecule has 0 heterocycles. The summed E-state index contributed by atoms with van der Waals surface area (Å²) in [5.74, 6) is -0.0176. The zero-order valence-electron chi connectivity index (χ0n) is 8.18. The molecule has 0 aliphatic carbocycles. The molecular formula is C11H12BrClO. The van der Waals surface area contributed by atoms with E-state index in [1.165, 1.54) is 12.5 Å². The lowest BCUT2D eigenvalue weighted by Crippen LogP contribution is -2.02. The Morgan fingerprint density at radius 3 is 2.71 bits per heavy atom. The summed E-state index contributed by atoms with van der Waals surface area (Å²) < 4.78 is 1.07. The lowest BCUT2D eigenvalue weighted by Gasteiger charge is -2.09. The highest BCUT2D eigenvalue weighted by Crippen LogP contribution is 2.26. The topological polar surface area (TPSA) is 17.1 Å². The van der Waals surface area contributed by atoms with Crippen molar-refractivity contribution in [3.8, 4) is 0 Å². The minimum absolute atomic E-state index is 0.0176. The lowest BCUT2D eigenvalue weighted by atomic mass is 10.0. The van der Waals surface area contributed by atoms with E-state index in [2.05, 4.69) is 22.9 Å². The summed E-state index contributed by atoms with van der Waals surface area (Å²) in [5.41, 5.74) is 2.05. The predicted octanol–water partition coefficient (Wildman–Crippen LogP) is 3.88. The molecule has 0 radical (unpaired) electrons. The number of aryl methyl sites for hydroxylation is 1. The number of hydrogen-bond donors (Lipinski definition) is 0. The van der Waals surface area contributed by atoms with Gasteiger partial charge in [-0.3, -0.25) is 4.79 Å². The van der Waals surface area contributed by atoms with Crippen molar-refractivity contribution in [2.75, 3.05) is 0 Å². The second-order valence-corrected chi connectivity index (χ2v) is 4.47. The smallest absolute Gasteiger partial charge is 0.152 e. The maximum absolute atomic E-state index is 11.1. The SMILES string of the molecule is CCc1cc(C(Cl)C(C)=O)ccc1Br. The summed E-state index contributed by atoms with van der Waals surface area (Å²) in [6.07, 6.45) is 0.927. The number of hydrogen-bond acceptors (Lipinski definition) is 1. The number of ketones is 1. The van der Waals surface area contributed by atoms with Crippen molar-refractivity contribution < 1.29 is 4.79 Å². The van der Waals surface area contributed by atoms with Crippen molar-refractivity contribution in [3.63, 3.8) is 0 Å². The molecular weight excluding hydrogens is 263 g/mol. The van der Waals surface area contributed by atoms with Crippen molar-refractivity contribution in [1.82, 2.24) is 0 Å². The third kappa shape index (κ3) is 2.58. The van der Waals surface area contributed by atoms with Gasteiger partial charge in [-0.15, -0.1) is 11.6 Å². The zero-order valence-corrected chi connectivity index (χ0v) is 10.5. The van der Waals surface area contributed by atoms with E-state index in [-0.39, 0.29) is 5.78 Å². The van der Waals surface area contributed by atoms with Crippen LogP contribution in [0.1, 0.15) is 30.4 Å². The molecule has 0 aliphatic heterocycles. The average molecular weight is 276 g/mol. The number of carbonyl (C=O) groups is 1. The Balaban J connectivity index is 3.06. The van der Waals surface area contributed by atoms with Crippen LogP contribution in [0.15, 0.2) is 22.7 Å². The number of alkyl halides is 1. The van der Waals surface area contributed by atoms with Gasteiger partial charge in [0.2, 0.25) is 0 Å². The fourth-order valence-electron chi connectivity index (χ4n) is 1.26. The third-order valence-electron chi connectivity index (χ3n) is 2.10. The highest BCUT2D eigenvalue weighted by atomic mass is 79.9. The number of halogens is 2. The van der Waals surface area contributed by atoms with Crippen LogP contribution >= 0.6 is 27.5 Å². The second kappa shape index (κ2) is 4.94. The van der Waals surface area contributed by atoms with Crippen LogP contribution in [0.4, 0.5) is 0 Å². The Morgan fingerprint density at radius 2 is 2.21 bits per heavy atom. The molecule has 0 N–H and O–H groups in total. The fraction of sp³-hybridized carbons (Fsp3) is 0.364. The minimum atomic E-state index is -0.520. The van der Waals surface area contributed by atoms with E-state index in [0.717, 1.165) is 16.5 Å². The van der Waals surface area contributed by atoms with Crippen LogP contribution in [0.5, 0.6) is 0 Å². The monoisotopic (exact) mass is 274 g/mol. The first kappa shape index (κ1) is 11.7. The maximum Gasteiger partial charge on any atom is 0.152 e. The number of carbonyl (C=O) groups excluding carboxylic acids is 1. The summed E-state index contributed by atoms with van der Waals surface area (Å²) in [4.78, 5) is 11.1. The molecule has 1 unspecified atom stereocenters. The molecule has 0 bridgehead atoms. The first-order valence-corrected chi connectivity index (χ1v) is 5.72. The maximum atomic E-state index is 11.1. The molecule has 1 rings (SSSR count). The van der Waals surface area contributed by atoms with Gasteiger partial charge >= 0.3 is 0 Å². The second-order valence-electron chi connectivity index (χ2n) is 3.18. The summed E-state index contributed by atoms with van der Waals surface area (Å²) in [6, 6.07) is 5.79. The van der Waals surface area contributed by atoms with Crippen LogP contribution in [0, 0.1) is 0 Å². The molecule has 0 saturated carbocycles. The first-order valence-electron chi connectivity index (χ1n) is 4.49. The molecule has 0 aromatic heterocycles. The molecule has 76 valence electrons. The van der Waals surface area contributed by atoms with Crippen molar-refractivity contribution in [2.24, 2.45) is 0 Å². The molecule has 1 nitrogen and oxygen atoms in total. The van der Waals surface area contributed by atoms with E-state index in [0.29, 0.717) is 0 Å². The largest absolute Gasteiger partial charge is 0.298 e. The quantitative estimate of drug-likeness (QED) is 0.765. The van der Waals surface area contributed by atoms with E-state index in [1.807, 2.05) is 18.2 Å². The summed E-state index contributed by atoms with van der Waals surface area (Å²) >= 11 is 9.41. The molecule has 1 aromatic rings. The number of benzene rings is 1. The molecule has 0 amide bonds. The highest BCUT2D eigenvalue weighted by molar-refractivity contribution is 9.10. The minimum Gasteiger partial charge on any atom is -0.298 e. The normalized spacial score (nSPS) is 12.6. The van der Waals surface area contributed by atoms with Crippen LogP contribution in [-0.4, -0.2) is 5.78 Å². The first-order chi connectivity index (χ1) is 6.56. The van der Waals surface area contributed by atoms with Gasteiger partial charge in [-0.25, -0.2) is 0 Å². The molecule has 0 fully saturated rings. The standard InChI is InChI=1S/C11H12BrClO/c1-3-8-6-9(4-5-10(8)12)11(13)7(2)14/h4-6,11H,3H2,1-2H3. The molecule has 1 aromatic carbocycles.